The van der Waals surface area contributed by atoms with Crippen LogP contribution in [0.15, 0.2) is 12.3 Å². The largest absolute Gasteiger partial charge is 0.465 e. The second kappa shape index (κ2) is 3.61. The van der Waals surface area contributed by atoms with Crippen LogP contribution >= 0.6 is 0 Å². The number of amides is 1. The molecule has 0 fully saturated rings. The van der Waals surface area contributed by atoms with Crippen molar-refractivity contribution in [3.05, 3.63) is 23.8 Å². The Balaban J connectivity index is 3.07. The molecule has 0 atom stereocenters. The Morgan fingerprint density at radius 2 is 2.38 bits per heavy atom. The van der Waals surface area contributed by atoms with Crippen LogP contribution in [0.5, 0.6) is 0 Å². The minimum absolute atomic E-state index is 0.211. The maximum atomic E-state index is 13.0. The molecule has 0 radical (unpaired) electrons. The summed E-state index contributed by atoms with van der Waals surface area (Å²) in [6.45, 7) is 0. The minimum atomic E-state index is -1.40. The van der Waals surface area contributed by atoms with Crippen LogP contribution in [0.4, 0.5) is 14.9 Å². The zero-order valence-corrected chi connectivity index (χ0v) is 6.32. The molecule has 1 aromatic heterocycles. The van der Waals surface area contributed by atoms with Crippen LogP contribution < -0.4 is 5.32 Å². The molecule has 0 unspecified atom stereocenters. The first-order valence-corrected chi connectivity index (χ1v) is 3.24. The number of carbonyl (C=O) groups is 2. The first kappa shape index (κ1) is 9.11. The Labute approximate surface area is 72.2 Å². The van der Waals surface area contributed by atoms with E-state index in [2.05, 4.69) is 4.98 Å². The Kier molecular flexibility index (Phi) is 2.53. The van der Waals surface area contributed by atoms with Crippen LogP contribution in [0.2, 0.25) is 0 Å². The molecule has 0 aliphatic heterocycles. The average Bonchev–Trinajstić information content (AvgIpc) is 2.08. The van der Waals surface area contributed by atoms with E-state index in [1.807, 2.05) is 0 Å². The molecule has 0 saturated carbocycles. The third kappa shape index (κ3) is 1.98. The number of hydrogen-bond donors (Lipinski definition) is 2. The number of aromatic nitrogens is 1. The lowest BCUT2D eigenvalue weighted by atomic mass is 10.3. The van der Waals surface area contributed by atoms with Gasteiger partial charge in [0.15, 0.2) is 12.1 Å². The molecule has 13 heavy (non-hydrogen) atoms. The van der Waals surface area contributed by atoms with Crippen LogP contribution in [0.1, 0.15) is 10.5 Å². The Hall–Kier alpha value is -1.98. The molecule has 68 valence electrons. The summed E-state index contributed by atoms with van der Waals surface area (Å²) in [5.74, 6) is -0.972. The van der Waals surface area contributed by atoms with Crippen LogP contribution in [-0.2, 0) is 0 Å². The van der Waals surface area contributed by atoms with Crippen LogP contribution in [0.25, 0.3) is 0 Å². The molecular weight excluding hydrogens is 179 g/mol. The van der Waals surface area contributed by atoms with Gasteiger partial charge in [-0.1, -0.05) is 0 Å². The van der Waals surface area contributed by atoms with Gasteiger partial charge >= 0.3 is 6.09 Å². The van der Waals surface area contributed by atoms with E-state index in [9.17, 15) is 14.0 Å². The van der Waals surface area contributed by atoms with Gasteiger partial charge in [-0.25, -0.2) is 9.18 Å². The van der Waals surface area contributed by atoms with Crippen molar-refractivity contribution in [2.75, 3.05) is 5.32 Å². The number of hydrogen-bond acceptors (Lipinski definition) is 3. The van der Waals surface area contributed by atoms with E-state index < -0.39 is 17.6 Å². The lowest BCUT2D eigenvalue weighted by molar-refractivity contribution is 0.111. The van der Waals surface area contributed by atoms with Gasteiger partial charge in [-0.2, -0.15) is 0 Å². The molecule has 0 aromatic carbocycles. The van der Waals surface area contributed by atoms with Gasteiger partial charge in [-0.3, -0.25) is 15.1 Å². The molecule has 0 aliphatic rings. The predicted molar refractivity (Wildman–Crippen MR) is 41.2 cm³/mol. The number of halogens is 1. The lowest BCUT2D eigenvalue weighted by Crippen LogP contribution is -2.10. The standard InChI is InChI=1S/C7H5FN2O3/c8-6-4(10-7(12)13)1-2-9-5(6)3-11/h1-3H,(H,9,10)(H,12,13). The fraction of sp³-hybridized carbons (Fsp3) is 0. The van der Waals surface area contributed by atoms with Crippen molar-refractivity contribution >= 4 is 18.1 Å². The molecule has 1 heterocycles. The van der Waals surface area contributed by atoms with Crippen molar-refractivity contribution in [2.45, 2.75) is 0 Å². The predicted octanol–water partition coefficient (Wildman–Crippen LogP) is 1.12. The fourth-order valence-electron chi connectivity index (χ4n) is 0.754. The second-order valence-electron chi connectivity index (χ2n) is 2.11. The summed E-state index contributed by atoms with van der Waals surface area (Å²) in [6, 6.07) is 1.12. The smallest absolute Gasteiger partial charge is 0.409 e. The van der Waals surface area contributed by atoms with Gasteiger partial charge in [0.25, 0.3) is 0 Å². The van der Waals surface area contributed by atoms with Crippen molar-refractivity contribution < 1.29 is 19.1 Å². The number of anilines is 1. The number of carboxylic acid groups (broad SMARTS) is 1. The van der Waals surface area contributed by atoms with Gasteiger partial charge in [0.1, 0.15) is 5.69 Å². The highest BCUT2D eigenvalue weighted by molar-refractivity contribution is 5.84. The summed E-state index contributed by atoms with van der Waals surface area (Å²) < 4.78 is 13.0. The summed E-state index contributed by atoms with van der Waals surface area (Å²) in [4.78, 5) is 23.7. The highest BCUT2D eigenvalue weighted by Gasteiger charge is 2.09. The van der Waals surface area contributed by atoms with E-state index >= 15 is 0 Å². The Morgan fingerprint density at radius 3 is 2.92 bits per heavy atom. The molecule has 1 aromatic rings. The first-order chi connectivity index (χ1) is 6.15. The first-order valence-electron chi connectivity index (χ1n) is 3.24. The SMILES string of the molecule is O=Cc1nccc(NC(=O)O)c1F. The van der Waals surface area contributed by atoms with E-state index in [-0.39, 0.29) is 12.0 Å². The molecule has 0 saturated heterocycles. The molecule has 0 spiro atoms. The number of pyridine rings is 1. The molecular formula is C7H5FN2O3. The van der Waals surface area contributed by atoms with Gasteiger partial charge in [0, 0.05) is 6.20 Å². The van der Waals surface area contributed by atoms with E-state index in [4.69, 9.17) is 5.11 Å². The lowest BCUT2D eigenvalue weighted by Gasteiger charge is -2.02. The van der Waals surface area contributed by atoms with E-state index in [0.717, 1.165) is 12.3 Å². The highest BCUT2D eigenvalue weighted by Crippen LogP contribution is 2.13. The number of rotatable bonds is 2. The third-order valence-corrected chi connectivity index (χ3v) is 1.27. The van der Waals surface area contributed by atoms with Crippen molar-refractivity contribution in [1.29, 1.82) is 0 Å². The monoisotopic (exact) mass is 184 g/mol. The Bertz CT molecular complexity index is 354. The summed E-state index contributed by atoms with van der Waals surface area (Å²) in [5, 5.41) is 10.1. The van der Waals surface area contributed by atoms with Crippen LogP contribution in [0, 0.1) is 5.82 Å². The normalized spacial score (nSPS) is 9.31. The average molecular weight is 184 g/mol. The summed E-state index contributed by atoms with van der Waals surface area (Å²) in [7, 11) is 0. The maximum Gasteiger partial charge on any atom is 0.409 e. The van der Waals surface area contributed by atoms with Gasteiger partial charge in [0.2, 0.25) is 0 Å². The second-order valence-corrected chi connectivity index (χ2v) is 2.11. The van der Waals surface area contributed by atoms with E-state index in [1.165, 1.54) is 0 Å². The van der Waals surface area contributed by atoms with Crippen LogP contribution in [0.3, 0.4) is 0 Å². The zero-order chi connectivity index (χ0) is 9.84. The van der Waals surface area contributed by atoms with Gasteiger partial charge in [0.05, 0.1) is 5.69 Å². The van der Waals surface area contributed by atoms with Crippen molar-refractivity contribution in [3.63, 3.8) is 0 Å². The molecule has 0 aliphatic carbocycles. The zero-order valence-electron chi connectivity index (χ0n) is 6.32. The number of nitrogens with one attached hydrogen (secondary N) is 1. The van der Waals surface area contributed by atoms with Gasteiger partial charge in [-0.05, 0) is 6.07 Å². The fourth-order valence-corrected chi connectivity index (χ4v) is 0.754. The summed E-state index contributed by atoms with van der Waals surface area (Å²) in [5.41, 5.74) is -0.712. The summed E-state index contributed by atoms with van der Waals surface area (Å²) in [6.07, 6.45) is -0.0533. The number of carbonyl (C=O) groups excluding carboxylic acids is 1. The molecule has 5 nitrogen and oxygen atoms in total. The van der Waals surface area contributed by atoms with Crippen molar-refractivity contribution in [2.24, 2.45) is 0 Å². The third-order valence-electron chi connectivity index (χ3n) is 1.27. The van der Waals surface area contributed by atoms with E-state index in [1.54, 1.807) is 5.32 Å². The molecule has 0 bridgehead atoms. The number of nitrogens with zero attached hydrogens (tertiary/aromatic N) is 1. The highest BCUT2D eigenvalue weighted by atomic mass is 19.1. The van der Waals surface area contributed by atoms with Gasteiger partial charge < -0.3 is 5.11 Å². The molecule has 2 N–H and O–H groups in total. The van der Waals surface area contributed by atoms with Crippen LogP contribution in [-0.4, -0.2) is 22.5 Å². The topological polar surface area (TPSA) is 79.3 Å². The quantitative estimate of drug-likeness (QED) is 0.675. The maximum absolute atomic E-state index is 13.0. The van der Waals surface area contributed by atoms with Crippen molar-refractivity contribution in [3.8, 4) is 0 Å². The molecule has 1 rings (SSSR count). The minimum Gasteiger partial charge on any atom is -0.465 e. The van der Waals surface area contributed by atoms with Gasteiger partial charge in [-0.15, -0.1) is 0 Å². The van der Waals surface area contributed by atoms with E-state index in [0.29, 0.717) is 0 Å². The molecule has 1 amide bonds. The summed E-state index contributed by atoms with van der Waals surface area (Å²) >= 11 is 0. The Morgan fingerprint density at radius 1 is 1.69 bits per heavy atom. The van der Waals surface area contributed by atoms with Crippen molar-refractivity contribution in [1.82, 2.24) is 4.98 Å². The number of aldehydes is 1. The molecule has 6 heteroatoms.